The first-order valence-electron chi connectivity index (χ1n) is 5.12. The molecule has 5 nitrogen and oxygen atoms in total. The third-order valence-electron chi connectivity index (χ3n) is 1.93. The van der Waals surface area contributed by atoms with Crippen LogP contribution in [0.15, 0.2) is 18.2 Å². The normalized spacial score (nSPS) is 9.59. The van der Waals surface area contributed by atoms with Crippen molar-refractivity contribution in [3.05, 3.63) is 23.8 Å². The summed E-state index contributed by atoms with van der Waals surface area (Å²) >= 11 is 0. The molecule has 0 aliphatic rings. The van der Waals surface area contributed by atoms with Gasteiger partial charge in [-0.15, -0.1) is 0 Å². The minimum atomic E-state index is -0.452. The van der Waals surface area contributed by atoms with E-state index in [4.69, 9.17) is 14.2 Å². The van der Waals surface area contributed by atoms with Gasteiger partial charge in [-0.1, -0.05) is 0 Å². The molecule has 0 unspecified atom stereocenters. The van der Waals surface area contributed by atoms with Gasteiger partial charge in [-0.25, -0.2) is 4.79 Å². The number of hydrogen-bond acceptors (Lipinski definition) is 5. The van der Waals surface area contributed by atoms with Gasteiger partial charge in [0.15, 0.2) is 11.5 Å². The molecule has 0 atom stereocenters. The molecule has 0 aliphatic carbocycles. The summed E-state index contributed by atoms with van der Waals surface area (Å²) in [5.74, 6) is -0.314. The highest BCUT2D eigenvalue weighted by Crippen LogP contribution is 2.28. The molecule has 0 aromatic heterocycles. The third kappa shape index (κ3) is 3.48. The van der Waals surface area contributed by atoms with E-state index in [0.29, 0.717) is 17.9 Å². The van der Waals surface area contributed by atoms with E-state index in [2.05, 4.69) is 0 Å². The topological polar surface area (TPSA) is 61.8 Å². The molecule has 5 heteroatoms. The lowest BCUT2D eigenvalue weighted by molar-refractivity contribution is -0.132. The van der Waals surface area contributed by atoms with Crippen LogP contribution < -0.4 is 9.47 Å². The molecule has 0 saturated carbocycles. The van der Waals surface area contributed by atoms with Crippen molar-refractivity contribution in [1.82, 2.24) is 0 Å². The summed E-state index contributed by atoms with van der Waals surface area (Å²) in [6.45, 7) is 3.31. The lowest BCUT2D eigenvalue weighted by atomic mass is 10.2. The largest absolute Gasteiger partial charge is 0.493 e. The average molecular weight is 238 g/mol. The Morgan fingerprint density at radius 2 is 1.94 bits per heavy atom. The van der Waals surface area contributed by atoms with Gasteiger partial charge in [-0.3, -0.25) is 4.79 Å². The van der Waals surface area contributed by atoms with Gasteiger partial charge in [0, 0.05) is 6.92 Å². The SMILES string of the molecule is CCOC(=O)c1ccc(OC(C)=O)c(OC)c1. The molecule has 0 bridgehead atoms. The van der Waals surface area contributed by atoms with Crippen LogP contribution in [-0.4, -0.2) is 25.7 Å². The number of ether oxygens (including phenoxy) is 3. The molecule has 0 fully saturated rings. The summed E-state index contributed by atoms with van der Waals surface area (Å²) in [7, 11) is 1.43. The van der Waals surface area contributed by atoms with Crippen LogP contribution in [0.5, 0.6) is 11.5 Å². The highest BCUT2D eigenvalue weighted by molar-refractivity contribution is 5.90. The van der Waals surface area contributed by atoms with E-state index in [1.807, 2.05) is 0 Å². The number of hydrogen-bond donors (Lipinski definition) is 0. The maximum atomic E-state index is 11.5. The number of esters is 2. The van der Waals surface area contributed by atoms with Crippen molar-refractivity contribution < 1.29 is 23.8 Å². The van der Waals surface area contributed by atoms with Crippen LogP contribution in [0.2, 0.25) is 0 Å². The fourth-order valence-electron chi connectivity index (χ4n) is 1.25. The number of carbonyl (C=O) groups excluding carboxylic acids is 2. The van der Waals surface area contributed by atoms with Crippen molar-refractivity contribution >= 4 is 11.9 Å². The molecule has 0 radical (unpaired) electrons. The van der Waals surface area contributed by atoms with Crippen LogP contribution in [-0.2, 0) is 9.53 Å². The van der Waals surface area contributed by atoms with Crippen molar-refractivity contribution in [3.8, 4) is 11.5 Å². The summed E-state index contributed by atoms with van der Waals surface area (Å²) in [5.41, 5.74) is 0.347. The Hall–Kier alpha value is -2.04. The average Bonchev–Trinajstić information content (AvgIpc) is 2.29. The Bertz CT molecular complexity index is 425. The second-order valence-corrected chi connectivity index (χ2v) is 3.18. The quantitative estimate of drug-likeness (QED) is 0.591. The molecular weight excluding hydrogens is 224 g/mol. The van der Waals surface area contributed by atoms with Gasteiger partial charge in [0.1, 0.15) is 0 Å². The number of carbonyl (C=O) groups is 2. The predicted molar refractivity (Wildman–Crippen MR) is 60.3 cm³/mol. The van der Waals surface area contributed by atoms with E-state index in [1.165, 1.54) is 32.2 Å². The molecule has 92 valence electrons. The van der Waals surface area contributed by atoms with Gasteiger partial charge in [0.25, 0.3) is 0 Å². The first-order chi connectivity index (χ1) is 8.08. The van der Waals surface area contributed by atoms with E-state index >= 15 is 0 Å². The van der Waals surface area contributed by atoms with Crippen LogP contribution in [0.1, 0.15) is 24.2 Å². The van der Waals surface area contributed by atoms with Gasteiger partial charge < -0.3 is 14.2 Å². The summed E-state index contributed by atoms with van der Waals surface area (Å²) in [5, 5.41) is 0. The smallest absolute Gasteiger partial charge is 0.338 e. The summed E-state index contributed by atoms with van der Waals surface area (Å²) in [4.78, 5) is 22.3. The lowest BCUT2D eigenvalue weighted by Crippen LogP contribution is -2.07. The van der Waals surface area contributed by atoms with Crippen molar-refractivity contribution in [1.29, 1.82) is 0 Å². The van der Waals surface area contributed by atoms with E-state index in [0.717, 1.165) is 0 Å². The summed E-state index contributed by atoms with van der Waals surface area (Å²) in [6, 6.07) is 4.47. The van der Waals surface area contributed by atoms with E-state index < -0.39 is 11.9 Å². The molecule has 0 saturated heterocycles. The Morgan fingerprint density at radius 1 is 1.24 bits per heavy atom. The highest BCUT2D eigenvalue weighted by atomic mass is 16.6. The molecule has 1 aromatic carbocycles. The second-order valence-electron chi connectivity index (χ2n) is 3.18. The van der Waals surface area contributed by atoms with Crippen LogP contribution in [0.4, 0.5) is 0 Å². The zero-order chi connectivity index (χ0) is 12.8. The molecule has 17 heavy (non-hydrogen) atoms. The number of methoxy groups -OCH3 is 1. The zero-order valence-corrected chi connectivity index (χ0v) is 9.98. The first-order valence-corrected chi connectivity index (χ1v) is 5.12. The van der Waals surface area contributed by atoms with Crippen LogP contribution in [0.25, 0.3) is 0 Å². The number of benzene rings is 1. The fourth-order valence-corrected chi connectivity index (χ4v) is 1.25. The first kappa shape index (κ1) is 13.0. The van der Waals surface area contributed by atoms with Crippen molar-refractivity contribution in [3.63, 3.8) is 0 Å². The molecule has 0 aliphatic heterocycles. The monoisotopic (exact) mass is 238 g/mol. The fraction of sp³-hybridized carbons (Fsp3) is 0.333. The van der Waals surface area contributed by atoms with Gasteiger partial charge in [0.05, 0.1) is 19.3 Å². The van der Waals surface area contributed by atoms with E-state index in [1.54, 1.807) is 6.92 Å². The zero-order valence-electron chi connectivity index (χ0n) is 9.98. The predicted octanol–water partition coefficient (Wildman–Crippen LogP) is 1.80. The van der Waals surface area contributed by atoms with Gasteiger partial charge in [0.2, 0.25) is 0 Å². The maximum absolute atomic E-state index is 11.5. The van der Waals surface area contributed by atoms with Crippen molar-refractivity contribution in [2.24, 2.45) is 0 Å². The molecule has 0 spiro atoms. The summed E-state index contributed by atoms with van der Waals surface area (Å²) < 4.78 is 14.8. The standard InChI is InChI=1S/C12H14O5/c1-4-16-12(14)9-5-6-10(17-8(2)13)11(7-9)15-3/h5-7H,4H2,1-3H3. The van der Waals surface area contributed by atoms with E-state index in [-0.39, 0.29) is 5.75 Å². The van der Waals surface area contributed by atoms with Crippen LogP contribution in [0.3, 0.4) is 0 Å². The minimum absolute atomic E-state index is 0.271. The molecule has 0 amide bonds. The Labute approximate surface area is 99.3 Å². The molecule has 1 aromatic rings. The van der Waals surface area contributed by atoms with E-state index in [9.17, 15) is 9.59 Å². The third-order valence-corrected chi connectivity index (χ3v) is 1.93. The Kier molecular flexibility index (Phi) is 4.51. The second kappa shape index (κ2) is 5.89. The highest BCUT2D eigenvalue weighted by Gasteiger charge is 2.12. The molecule has 1 rings (SSSR count). The van der Waals surface area contributed by atoms with Crippen molar-refractivity contribution in [2.75, 3.05) is 13.7 Å². The maximum Gasteiger partial charge on any atom is 0.338 e. The van der Waals surface area contributed by atoms with Gasteiger partial charge >= 0.3 is 11.9 Å². The van der Waals surface area contributed by atoms with Crippen LogP contribution in [0, 0.1) is 0 Å². The molecular formula is C12H14O5. The number of rotatable bonds is 4. The van der Waals surface area contributed by atoms with Crippen molar-refractivity contribution in [2.45, 2.75) is 13.8 Å². The summed E-state index contributed by atoms with van der Waals surface area (Å²) in [6.07, 6.45) is 0. The molecule has 0 heterocycles. The van der Waals surface area contributed by atoms with Gasteiger partial charge in [-0.05, 0) is 25.1 Å². The van der Waals surface area contributed by atoms with Gasteiger partial charge in [-0.2, -0.15) is 0 Å². The Morgan fingerprint density at radius 3 is 2.47 bits per heavy atom. The Balaban J connectivity index is 2.99. The lowest BCUT2D eigenvalue weighted by Gasteiger charge is -2.09. The minimum Gasteiger partial charge on any atom is -0.493 e. The molecule has 0 N–H and O–H groups in total. The van der Waals surface area contributed by atoms with Crippen LogP contribution >= 0.6 is 0 Å².